The Morgan fingerprint density at radius 2 is 1.77 bits per heavy atom. The summed E-state index contributed by atoms with van der Waals surface area (Å²) in [6.45, 7) is 2.04. The van der Waals surface area contributed by atoms with Crippen LogP contribution < -0.4 is 23.8 Å². The minimum Gasteiger partial charge on any atom is -0.497 e. The van der Waals surface area contributed by atoms with E-state index in [2.05, 4.69) is 5.32 Å². The number of carbonyl (C=O) groups is 2. The maximum atomic E-state index is 13.8. The van der Waals surface area contributed by atoms with Crippen molar-refractivity contribution in [1.82, 2.24) is 10.2 Å². The molecule has 39 heavy (non-hydrogen) atoms. The lowest BCUT2D eigenvalue weighted by Gasteiger charge is -2.33. The van der Waals surface area contributed by atoms with E-state index in [9.17, 15) is 18.0 Å². The van der Waals surface area contributed by atoms with Gasteiger partial charge in [-0.2, -0.15) is 0 Å². The Balaban J connectivity index is 1.60. The van der Waals surface area contributed by atoms with E-state index in [0.717, 1.165) is 48.2 Å². The van der Waals surface area contributed by atoms with Gasteiger partial charge in [0.2, 0.25) is 21.8 Å². The first kappa shape index (κ1) is 28.5. The van der Waals surface area contributed by atoms with Crippen LogP contribution >= 0.6 is 0 Å². The smallest absolute Gasteiger partial charge is 0.244 e. The number of hydrogen-bond acceptors (Lipinski definition) is 7. The number of nitrogens with one attached hydrogen (secondary N) is 1. The molecule has 1 N–H and O–H groups in total. The first-order chi connectivity index (χ1) is 18.7. The van der Waals surface area contributed by atoms with Gasteiger partial charge in [0, 0.05) is 18.7 Å². The molecule has 2 aromatic rings. The molecular formula is C28H37N3O7S. The van der Waals surface area contributed by atoms with Crippen molar-refractivity contribution in [2.75, 3.05) is 37.4 Å². The number of fused-ring (bicyclic) bond motifs is 1. The molecule has 1 atom stereocenters. The summed E-state index contributed by atoms with van der Waals surface area (Å²) in [5.41, 5.74) is 1.03. The van der Waals surface area contributed by atoms with Gasteiger partial charge in [0.25, 0.3) is 0 Å². The molecule has 1 saturated carbocycles. The molecule has 0 saturated heterocycles. The van der Waals surface area contributed by atoms with Crippen LogP contribution in [0, 0.1) is 0 Å². The fraction of sp³-hybridized carbons (Fsp3) is 0.500. The Kier molecular flexibility index (Phi) is 9.21. The Morgan fingerprint density at radius 3 is 2.46 bits per heavy atom. The van der Waals surface area contributed by atoms with Crippen LogP contribution in [0.15, 0.2) is 42.5 Å². The Labute approximate surface area is 230 Å². The third-order valence-corrected chi connectivity index (χ3v) is 8.24. The molecule has 0 radical (unpaired) electrons. The number of nitrogens with zero attached hydrogens (tertiary/aromatic N) is 2. The molecule has 2 aromatic carbocycles. The SMILES string of the molecule is COc1cccc(CN(C(=O)CN(c2ccc3c(c2)OCCO3)S(C)(=O)=O)[C@H](C)C(=O)NC2CCCCC2)c1. The van der Waals surface area contributed by atoms with Crippen molar-refractivity contribution in [2.45, 2.75) is 57.7 Å². The topological polar surface area (TPSA) is 114 Å². The molecule has 11 heteroatoms. The highest BCUT2D eigenvalue weighted by molar-refractivity contribution is 7.92. The lowest BCUT2D eigenvalue weighted by Crippen LogP contribution is -2.52. The van der Waals surface area contributed by atoms with E-state index in [1.165, 1.54) is 4.90 Å². The highest BCUT2D eigenvalue weighted by atomic mass is 32.2. The summed E-state index contributed by atoms with van der Waals surface area (Å²) in [4.78, 5) is 28.5. The van der Waals surface area contributed by atoms with Crippen LogP contribution in [0.3, 0.4) is 0 Å². The van der Waals surface area contributed by atoms with Gasteiger partial charge in [0.1, 0.15) is 31.5 Å². The second-order valence-corrected chi connectivity index (χ2v) is 11.9. The molecule has 10 nitrogen and oxygen atoms in total. The summed E-state index contributed by atoms with van der Waals surface area (Å²) in [6.07, 6.45) is 6.14. The monoisotopic (exact) mass is 559 g/mol. The predicted molar refractivity (Wildman–Crippen MR) is 148 cm³/mol. The fourth-order valence-electron chi connectivity index (χ4n) is 4.92. The van der Waals surface area contributed by atoms with Crippen molar-refractivity contribution in [2.24, 2.45) is 0 Å². The summed E-state index contributed by atoms with van der Waals surface area (Å²) in [5, 5.41) is 3.09. The first-order valence-corrected chi connectivity index (χ1v) is 15.1. The van der Waals surface area contributed by atoms with Crippen LogP contribution in [0.2, 0.25) is 0 Å². The number of rotatable bonds is 10. The lowest BCUT2D eigenvalue weighted by atomic mass is 9.95. The van der Waals surface area contributed by atoms with Gasteiger partial charge in [-0.15, -0.1) is 0 Å². The molecule has 1 aliphatic heterocycles. The summed E-state index contributed by atoms with van der Waals surface area (Å²) < 4.78 is 43.2. The van der Waals surface area contributed by atoms with Crippen LogP contribution in [0.4, 0.5) is 5.69 Å². The molecule has 0 bridgehead atoms. The van der Waals surface area contributed by atoms with Crippen molar-refractivity contribution < 1.29 is 32.2 Å². The molecule has 1 aliphatic carbocycles. The second kappa shape index (κ2) is 12.6. The van der Waals surface area contributed by atoms with Crippen molar-refractivity contribution in [3.05, 3.63) is 48.0 Å². The largest absolute Gasteiger partial charge is 0.497 e. The van der Waals surface area contributed by atoms with Gasteiger partial charge in [0.15, 0.2) is 11.5 Å². The number of benzene rings is 2. The number of amides is 2. The van der Waals surface area contributed by atoms with E-state index < -0.39 is 28.5 Å². The van der Waals surface area contributed by atoms with Crippen LogP contribution in [-0.4, -0.2) is 70.3 Å². The van der Waals surface area contributed by atoms with E-state index in [-0.39, 0.29) is 24.2 Å². The number of ether oxygens (including phenoxy) is 3. The van der Waals surface area contributed by atoms with Crippen molar-refractivity contribution >= 4 is 27.5 Å². The minimum atomic E-state index is -3.86. The normalized spacial score (nSPS) is 16.2. The van der Waals surface area contributed by atoms with Gasteiger partial charge in [0.05, 0.1) is 19.1 Å². The summed E-state index contributed by atoms with van der Waals surface area (Å²) in [6, 6.07) is 11.2. The highest BCUT2D eigenvalue weighted by Crippen LogP contribution is 2.34. The van der Waals surface area contributed by atoms with Gasteiger partial charge in [-0.1, -0.05) is 31.4 Å². The van der Waals surface area contributed by atoms with Crippen LogP contribution in [0.5, 0.6) is 17.2 Å². The zero-order chi connectivity index (χ0) is 28.0. The summed E-state index contributed by atoms with van der Waals surface area (Å²) in [5.74, 6) is 0.770. The third-order valence-electron chi connectivity index (χ3n) is 7.10. The Morgan fingerprint density at radius 1 is 1.05 bits per heavy atom. The minimum absolute atomic E-state index is 0.0766. The molecule has 2 aliphatic rings. The standard InChI is InChI=1S/C28H37N3O7S/c1-20(28(33)29-22-9-5-4-6-10-22)30(18-21-8-7-11-24(16-21)36-2)27(32)19-31(39(3,34)35)23-12-13-25-26(17-23)38-15-14-37-25/h7-8,11-13,16-17,20,22H,4-6,9-10,14-15,18-19H2,1-3H3,(H,29,33)/t20-/m1/s1. The van der Waals surface area contributed by atoms with Gasteiger partial charge in [-0.3, -0.25) is 13.9 Å². The average Bonchev–Trinajstić information content (AvgIpc) is 2.94. The lowest BCUT2D eigenvalue weighted by molar-refractivity contribution is -0.139. The number of methoxy groups -OCH3 is 1. The van der Waals surface area contributed by atoms with Crippen molar-refractivity contribution in [3.8, 4) is 17.2 Å². The van der Waals surface area contributed by atoms with E-state index in [1.54, 1.807) is 44.4 Å². The van der Waals surface area contributed by atoms with E-state index in [4.69, 9.17) is 14.2 Å². The number of sulfonamides is 1. The number of anilines is 1. The van der Waals surface area contributed by atoms with Gasteiger partial charge in [-0.05, 0) is 49.6 Å². The first-order valence-electron chi connectivity index (χ1n) is 13.3. The molecule has 1 fully saturated rings. The number of carbonyl (C=O) groups excluding carboxylic acids is 2. The van der Waals surface area contributed by atoms with Gasteiger partial charge < -0.3 is 24.4 Å². The summed E-state index contributed by atoms with van der Waals surface area (Å²) >= 11 is 0. The molecule has 0 spiro atoms. The molecule has 4 rings (SSSR count). The highest BCUT2D eigenvalue weighted by Gasteiger charge is 2.31. The average molecular weight is 560 g/mol. The molecular weight excluding hydrogens is 522 g/mol. The zero-order valence-corrected chi connectivity index (χ0v) is 23.5. The predicted octanol–water partition coefficient (Wildman–Crippen LogP) is 3.10. The molecule has 1 heterocycles. The Bertz CT molecular complexity index is 1280. The zero-order valence-electron chi connectivity index (χ0n) is 22.7. The van der Waals surface area contributed by atoms with Crippen molar-refractivity contribution in [1.29, 1.82) is 0 Å². The van der Waals surface area contributed by atoms with Gasteiger partial charge in [-0.25, -0.2) is 8.42 Å². The van der Waals surface area contributed by atoms with E-state index in [1.807, 2.05) is 12.1 Å². The fourth-order valence-corrected chi connectivity index (χ4v) is 5.76. The van der Waals surface area contributed by atoms with Crippen molar-refractivity contribution in [3.63, 3.8) is 0 Å². The molecule has 2 amide bonds. The Hall–Kier alpha value is -3.47. The van der Waals surface area contributed by atoms with Crippen LogP contribution in [0.1, 0.15) is 44.6 Å². The van der Waals surface area contributed by atoms with Gasteiger partial charge >= 0.3 is 0 Å². The number of hydrogen-bond donors (Lipinski definition) is 1. The quantitative estimate of drug-likeness (QED) is 0.476. The molecule has 212 valence electrons. The van der Waals surface area contributed by atoms with Crippen LogP contribution in [-0.2, 0) is 26.2 Å². The third kappa shape index (κ3) is 7.35. The maximum absolute atomic E-state index is 13.8. The molecule has 0 aromatic heterocycles. The van der Waals surface area contributed by atoms with Crippen LogP contribution in [0.25, 0.3) is 0 Å². The second-order valence-electron chi connectivity index (χ2n) is 9.99. The van der Waals surface area contributed by atoms with E-state index >= 15 is 0 Å². The molecule has 0 unspecified atom stereocenters. The van der Waals surface area contributed by atoms with E-state index in [0.29, 0.717) is 30.5 Å². The summed E-state index contributed by atoms with van der Waals surface area (Å²) in [7, 11) is -2.30. The maximum Gasteiger partial charge on any atom is 0.244 e.